The Morgan fingerprint density at radius 1 is 1.13 bits per heavy atom. The third-order valence-electron chi connectivity index (χ3n) is 3.49. The van der Waals surface area contributed by atoms with E-state index in [0.717, 1.165) is 4.90 Å². The average molecular weight is 375 g/mol. The molecule has 23 heavy (non-hydrogen) atoms. The minimum absolute atomic E-state index is 0.146. The molecule has 0 aromatic carbocycles. The summed E-state index contributed by atoms with van der Waals surface area (Å²) < 4.78 is 83.8. The van der Waals surface area contributed by atoms with Gasteiger partial charge in [-0.25, -0.2) is 4.57 Å². The normalized spacial score (nSPS) is 27.3. The number of hydrogen-bond acceptors (Lipinski definition) is 2. The first-order valence-corrected chi connectivity index (χ1v) is 8.18. The van der Waals surface area contributed by atoms with Gasteiger partial charge in [0.1, 0.15) is 0 Å². The van der Waals surface area contributed by atoms with Gasteiger partial charge in [0.05, 0.1) is 13.0 Å². The van der Waals surface area contributed by atoms with Crippen molar-refractivity contribution in [2.75, 3.05) is 6.54 Å². The number of halogens is 6. The zero-order chi connectivity index (χ0) is 18.7. The molecule has 1 fully saturated rings. The number of rotatable bonds is 2. The number of hydrogen-bond donors (Lipinski definition) is 3. The van der Waals surface area contributed by atoms with Crippen LogP contribution in [0.15, 0.2) is 0 Å². The highest BCUT2D eigenvalue weighted by Crippen LogP contribution is 2.41. The van der Waals surface area contributed by atoms with Gasteiger partial charge >= 0.3 is 20.2 Å². The van der Waals surface area contributed by atoms with Gasteiger partial charge in [-0.05, 0) is 26.7 Å². The van der Waals surface area contributed by atoms with E-state index in [2.05, 4.69) is 0 Å². The molecular formula is C11H20F6NO4P. The molecule has 0 amide bonds. The molecule has 12 heteroatoms. The highest BCUT2D eigenvalue weighted by atomic mass is 31.2. The Morgan fingerprint density at radius 2 is 1.57 bits per heavy atom. The molecule has 0 aromatic rings. The Kier molecular flexibility index (Phi) is 7.57. The van der Waals surface area contributed by atoms with Crippen molar-refractivity contribution in [1.29, 1.82) is 0 Å². The molecule has 0 aliphatic carbocycles. The largest absolute Gasteiger partial charge is 0.466 e. The van der Waals surface area contributed by atoms with Crippen LogP contribution in [0.25, 0.3) is 0 Å². The van der Waals surface area contributed by atoms with E-state index in [-0.39, 0.29) is 6.42 Å². The van der Waals surface area contributed by atoms with Crippen molar-refractivity contribution in [3.63, 3.8) is 0 Å². The summed E-state index contributed by atoms with van der Waals surface area (Å²) in [4.78, 5) is 22.5. The lowest BCUT2D eigenvalue weighted by atomic mass is 9.82. The smallest absolute Gasteiger partial charge is 0.303 e. The molecule has 0 radical (unpaired) electrons. The summed E-state index contributed by atoms with van der Waals surface area (Å²) in [5, 5.41) is 0. The lowest BCUT2D eigenvalue weighted by Crippen LogP contribution is -2.58. The standard InChI is InChI=1S/C11H17F6N.H3O4P/c1-8-4-3-5-9(2,6-10(12,13)14)18(8)7-11(15,16)17;1-5(2,3)4/h8H,3-7H2,1-2H3;(H3,1,2,3,4). The molecular weight excluding hydrogens is 355 g/mol. The predicted molar refractivity (Wildman–Crippen MR) is 69.4 cm³/mol. The van der Waals surface area contributed by atoms with E-state index in [1.807, 2.05) is 0 Å². The highest BCUT2D eigenvalue weighted by molar-refractivity contribution is 7.45. The van der Waals surface area contributed by atoms with Crippen LogP contribution in [-0.2, 0) is 4.57 Å². The van der Waals surface area contributed by atoms with Gasteiger partial charge in [0.2, 0.25) is 0 Å². The molecule has 1 aliphatic rings. The van der Waals surface area contributed by atoms with Crippen molar-refractivity contribution >= 4 is 7.82 Å². The van der Waals surface area contributed by atoms with E-state index < -0.39 is 44.7 Å². The van der Waals surface area contributed by atoms with Gasteiger partial charge in [-0.3, -0.25) is 4.90 Å². The van der Waals surface area contributed by atoms with Gasteiger partial charge in [-0.15, -0.1) is 0 Å². The summed E-state index contributed by atoms with van der Waals surface area (Å²) in [6, 6.07) is -0.479. The number of piperidine rings is 1. The molecule has 0 saturated carbocycles. The summed E-state index contributed by atoms with van der Waals surface area (Å²) in [6.45, 7) is 1.56. The molecule has 1 rings (SSSR count). The number of alkyl halides is 6. The second-order valence-corrected chi connectivity index (χ2v) is 6.81. The van der Waals surface area contributed by atoms with Crippen LogP contribution in [0.5, 0.6) is 0 Å². The molecule has 2 unspecified atom stereocenters. The summed E-state index contributed by atoms with van der Waals surface area (Å²) in [5.41, 5.74) is -1.45. The molecule has 0 bridgehead atoms. The minimum atomic E-state index is -4.64. The lowest BCUT2D eigenvalue weighted by molar-refractivity contribution is -0.200. The van der Waals surface area contributed by atoms with E-state index in [4.69, 9.17) is 19.2 Å². The molecule has 1 saturated heterocycles. The molecule has 0 aromatic heterocycles. The minimum Gasteiger partial charge on any atom is -0.303 e. The Hall–Kier alpha value is -0.350. The summed E-state index contributed by atoms with van der Waals surface area (Å²) >= 11 is 0. The monoisotopic (exact) mass is 375 g/mol. The maximum Gasteiger partial charge on any atom is 0.466 e. The van der Waals surface area contributed by atoms with E-state index in [0.29, 0.717) is 12.8 Å². The lowest BCUT2D eigenvalue weighted by Gasteiger charge is -2.49. The van der Waals surface area contributed by atoms with Gasteiger partial charge in [-0.2, -0.15) is 26.3 Å². The first kappa shape index (κ1) is 22.6. The van der Waals surface area contributed by atoms with E-state index in [9.17, 15) is 26.3 Å². The fourth-order valence-corrected chi connectivity index (χ4v) is 2.77. The van der Waals surface area contributed by atoms with Crippen LogP contribution in [0.2, 0.25) is 0 Å². The van der Waals surface area contributed by atoms with Crippen molar-refractivity contribution in [3.05, 3.63) is 0 Å². The van der Waals surface area contributed by atoms with Crippen LogP contribution in [-0.4, -0.2) is 50.1 Å². The van der Waals surface area contributed by atoms with Gasteiger partial charge < -0.3 is 14.7 Å². The van der Waals surface area contributed by atoms with Crippen molar-refractivity contribution in [1.82, 2.24) is 4.90 Å². The summed E-state index contributed by atoms with van der Waals surface area (Å²) in [6.07, 6.45) is -8.94. The maximum absolute atomic E-state index is 12.5. The van der Waals surface area contributed by atoms with Gasteiger partial charge in [0.15, 0.2) is 0 Å². The molecule has 5 nitrogen and oxygen atoms in total. The Balaban J connectivity index is 0.000000841. The highest BCUT2D eigenvalue weighted by Gasteiger charge is 2.49. The number of phosphoric acid groups is 1. The molecule has 1 heterocycles. The zero-order valence-corrected chi connectivity index (χ0v) is 13.4. The second-order valence-electron chi connectivity index (χ2n) is 5.79. The molecule has 1 aliphatic heterocycles. The first-order valence-electron chi connectivity index (χ1n) is 6.61. The Morgan fingerprint density at radius 3 is 1.91 bits per heavy atom. The Bertz CT molecular complexity index is 415. The van der Waals surface area contributed by atoms with Gasteiger partial charge in [0, 0.05) is 11.6 Å². The van der Waals surface area contributed by atoms with E-state index in [1.165, 1.54) is 6.92 Å². The van der Waals surface area contributed by atoms with Crippen molar-refractivity contribution in [2.24, 2.45) is 0 Å². The fourth-order valence-electron chi connectivity index (χ4n) is 2.77. The van der Waals surface area contributed by atoms with Gasteiger partial charge in [0.25, 0.3) is 0 Å². The zero-order valence-electron chi connectivity index (χ0n) is 12.5. The second kappa shape index (κ2) is 7.69. The molecule has 140 valence electrons. The third-order valence-corrected chi connectivity index (χ3v) is 3.49. The fraction of sp³-hybridized carbons (Fsp3) is 1.00. The summed E-state index contributed by atoms with van der Waals surface area (Å²) in [7, 11) is -4.64. The van der Waals surface area contributed by atoms with Crippen molar-refractivity contribution < 1.29 is 45.6 Å². The topological polar surface area (TPSA) is 81.0 Å². The quantitative estimate of drug-likeness (QED) is 0.510. The van der Waals surface area contributed by atoms with Crippen LogP contribution in [0.3, 0.4) is 0 Å². The first-order chi connectivity index (χ1) is 9.93. The molecule has 2 atom stereocenters. The van der Waals surface area contributed by atoms with Crippen LogP contribution in [0.4, 0.5) is 26.3 Å². The summed E-state index contributed by atoms with van der Waals surface area (Å²) in [5.74, 6) is 0. The molecule has 3 N–H and O–H groups in total. The van der Waals surface area contributed by atoms with E-state index in [1.54, 1.807) is 6.92 Å². The van der Waals surface area contributed by atoms with E-state index >= 15 is 0 Å². The third kappa shape index (κ3) is 10.9. The number of nitrogens with zero attached hydrogens (tertiary/aromatic N) is 1. The average Bonchev–Trinajstić information content (AvgIpc) is 2.17. The van der Waals surface area contributed by atoms with Crippen LogP contribution >= 0.6 is 7.82 Å². The predicted octanol–water partition coefficient (Wildman–Crippen LogP) is 3.21. The van der Waals surface area contributed by atoms with Crippen molar-refractivity contribution in [2.45, 2.75) is 63.5 Å². The Labute approximate surface area is 129 Å². The molecule has 0 spiro atoms. The van der Waals surface area contributed by atoms with Crippen molar-refractivity contribution in [3.8, 4) is 0 Å². The van der Waals surface area contributed by atoms with Crippen LogP contribution in [0.1, 0.15) is 39.5 Å². The van der Waals surface area contributed by atoms with Crippen LogP contribution < -0.4 is 0 Å². The SMILES string of the molecule is CC1CCCC(C)(CC(F)(F)F)N1CC(F)(F)F.O=P(O)(O)O. The van der Waals surface area contributed by atoms with Crippen LogP contribution in [0, 0.1) is 0 Å². The maximum atomic E-state index is 12.5. The number of likely N-dealkylation sites (tertiary alicyclic amines) is 1. The van der Waals surface area contributed by atoms with Gasteiger partial charge in [-0.1, -0.05) is 6.42 Å².